The van der Waals surface area contributed by atoms with Gasteiger partial charge in [0.1, 0.15) is 17.2 Å². The monoisotopic (exact) mass is 256 g/mol. The summed E-state index contributed by atoms with van der Waals surface area (Å²) in [5.41, 5.74) is 5.90. The largest absolute Gasteiger partial charge is 0.462 e. The van der Waals surface area contributed by atoms with E-state index < -0.39 is 11.8 Å². The average molecular weight is 257 g/mol. The van der Waals surface area contributed by atoms with E-state index in [1.54, 1.807) is 6.92 Å². The molecule has 0 amide bonds. The van der Waals surface area contributed by atoms with E-state index in [2.05, 4.69) is 4.98 Å². The number of nitrogens with one attached hydrogen (secondary N) is 1. The topological polar surface area (TPSA) is 68.1 Å². The van der Waals surface area contributed by atoms with Crippen LogP contribution in [0.3, 0.4) is 0 Å². The summed E-state index contributed by atoms with van der Waals surface area (Å²) in [5, 5.41) is 0.519. The third-order valence-electron chi connectivity index (χ3n) is 2.33. The lowest BCUT2D eigenvalue weighted by atomic mass is 10.1. The molecule has 6 heteroatoms. The summed E-state index contributed by atoms with van der Waals surface area (Å²) in [6.07, 6.45) is 0. The number of aromatic nitrogens is 1. The molecule has 2 aromatic rings. The summed E-state index contributed by atoms with van der Waals surface area (Å²) in [6, 6.07) is 2.62. The van der Waals surface area contributed by atoms with Gasteiger partial charge >= 0.3 is 5.97 Å². The fraction of sp³-hybridized carbons (Fsp3) is 0.182. The van der Waals surface area contributed by atoms with Crippen molar-refractivity contribution in [3.8, 4) is 0 Å². The second-order valence-electron chi connectivity index (χ2n) is 3.44. The van der Waals surface area contributed by atoms with Gasteiger partial charge in [-0.15, -0.1) is 0 Å². The van der Waals surface area contributed by atoms with Gasteiger partial charge in [-0.2, -0.15) is 0 Å². The van der Waals surface area contributed by atoms with Crippen molar-refractivity contribution in [3.63, 3.8) is 0 Å². The Bertz CT molecular complexity index is 595. The average Bonchev–Trinajstić information content (AvgIpc) is 2.55. The lowest BCUT2D eigenvalue weighted by Gasteiger charge is -2.01. The first-order valence-corrected chi connectivity index (χ1v) is 5.35. The summed E-state index contributed by atoms with van der Waals surface area (Å²) in [7, 11) is 0. The molecule has 0 aliphatic heterocycles. The van der Waals surface area contributed by atoms with E-state index in [1.807, 2.05) is 0 Å². The number of aromatic amines is 1. The zero-order valence-electron chi connectivity index (χ0n) is 9.01. The molecule has 0 atom stereocenters. The number of carbonyl (C=O) groups excluding carboxylic acids is 1. The molecule has 17 heavy (non-hydrogen) atoms. The van der Waals surface area contributed by atoms with Crippen LogP contribution in [0.5, 0.6) is 0 Å². The van der Waals surface area contributed by atoms with Crippen LogP contribution in [-0.4, -0.2) is 17.6 Å². The number of nitrogen functional groups attached to an aromatic ring is 1. The van der Waals surface area contributed by atoms with E-state index in [1.165, 1.54) is 6.07 Å². The molecule has 1 aromatic heterocycles. The molecule has 0 saturated heterocycles. The molecule has 0 unspecified atom stereocenters. The molecule has 90 valence electrons. The molecule has 0 aliphatic carbocycles. The van der Waals surface area contributed by atoms with Crippen molar-refractivity contribution in [1.82, 2.24) is 4.98 Å². The number of halogens is 2. The molecule has 1 aromatic carbocycles. The number of esters is 1. The molecule has 1 heterocycles. The van der Waals surface area contributed by atoms with Gasteiger partial charge in [-0.05, 0) is 19.1 Å². The van der Waals surface area contributed by atoms with Crippen LogP contribution < -0.4 is 5.73 Å². The standard InChI is InChI=1S/C11H10ClFN2O2/c1-2-17-11(16)8-6-3-5(12)4-7(13)9(6)15-10(8)14/h3-4,15H,2,14H2,1H3. The maximum atomic E-state index is 13.6. The lowest BCUT2D eigenvalue weighted by Crippen LogP contribution is -2.06. The molecule has 0 spiro atoms. The number of carbonyl (C=O) groups is 1. The maximum Gasteiger partial charge on any atom is 0.342 e. The van der Waals surface area contributed by atoms with Gasteiger partial charge in [0.15, 0.2) is 0 Å². The molecular weight excluding hydrogens is 247 g/mol. The second-order valence-corrected chi connectivity index (χ2v) is 3.88. The highest BCUT2D eigenvalue weighted by molar-refractivity contribution is 6.31. The van der Waals surface area contributed by atoms with Crippen molar-refractivity contribution in [2.45, 2.75) is 6.92 Å². The van der Waals surface area contributed by atoms with Crippen LogP contribution in [0.1, 0.15) is 17.3 Å². The molecule has 0 fully saturated rings. The van der Waals surface area contributed by atoms with Crippen molar-refractivity contribution in [2.24, 2.45) is 0 Å². The summed E-state index contributed by atoms with van der Waals surface area (Å²) in [6.45, 7) is 1.89. The molecule has 2 rings (SSSR count). The number of fused-ring (bicyclic) bond motifs is 1. The van der Waals surface area contributed by atoms with Crippen LogP contribution in [0.4, 0.5) is 10.2 Å². The highest BCUT2D eigenvalue weighted by Gasteiger charge is 2.20. The Morgan fingerprint density at radius 3 is 2.94 bits per heavy atom. The van der Waals surface area contributed by atoms with E-state index >= 15 is 0 Å². The molecule has 3 N–H and O–H groups in total. The summed E-state index contributed by atoms with van der Waals surface area (Å²) < 4.78 is 18.4. The quantitative estimate of drug-likeness (QED) is 0.812. The van der Waals surface area contributed by atoms with Crippen LogP contribution in [0.2, 0.25) is 5.02 Å². The predicted octanol–water partition coefficient (Wildman–Crippen LogP) is 2.72. The van der Waals surface area contributed by atoms with Gasteiger partial charge in [0, 0.05) is 10.4 Å². The number of anilines is 1. The first kappa shape index (κ1) is 11.7. The van der Waals surface area contributed by atoms with Gasteiger partial charge < -0.3 is 15.5 Å². The third-order valence-corrected chi connectivity index (χ3v) is 2.55. The minimum absolute atomic E-state index is 0.0691. The number of hydrogen-bond donors (Lipinski definition) is 2. The van der Waals surface area contributed by atoms with Crippen LogP contribution in [-0.2, 0) is 4.74 Å². The molecule has 0 bridgehead atoms. The number of benzene rings is 1. The zero-order chi connectivity index (χ0) is 12.6. The normalized spacial score (nSPS) is 10.8. The van der Waals surface area contributed by atoms with Gasteiger partial charge in [0.2, 0.25) is 0 Å². The van der Waals surface area contributed by atoms with Gasteiger partial charge in [-0.1, -0.05) is 11.6 Å². The van der Waals surface area contributed by atoms with Crippen LogP contribution >= 0.6 is 11.6 Å². The van der Waals surface area contributed by atoms with Crippen LogP contribution in [0, 0.1) is 5.82 Å². The van der Waals surface area contributed by atoms with Gasteiger partial charge in [0.05, 0.1) is 12.1 Å². The number of nitrogens with two attached hydrogens (primary N) is 1. The Morgan fingerprint density at radius 2 is 2.29 bits per heavy atom. The fourth-order valence-corrected chi connectivity index (χ4v) is 1.87. The van der Waals surface area contributed by atoms with E-state index in [0.717, 1.165) is 6.07 Å². The van der Waals surface area contributed by atoms with Gasteiger partial charge in [0.25, 0.3) is 0 Å². The van der Waals surface area contributed by atoms with E-state index in [-0.39, 0.29) is 28.5 Å². The number of H-pyrrole nitrogens is 1. The summed E-state index contributed by atoms with van der Waals surface area (Å²) in [4.78, 5) is 14.3. The minimum atomic E-state index is -0.599. The van der Waals surface area contributed by atoms with E-state index in [0.29, 0.717) is 5.39 Å². The van der Waals surface area contributed by atoms with Crippen molar-refractivity contribution in [3.05, 3.63) is 28.5 Å². The SMILES string of the molecule is CCOC(=O)c1c(N)[nH]c2c(F)cc(Cl)cc12. The Morgan fingerprint density at radius 1 is 1.59 bits per heavy atom. The fourth-order valence-electron chi connectivity index (χ4n) is 1.66. The minimum Gasteiger partial charge on any atom is -0.462 e. The van der Waals surface area contributed by atoms with Crippen molar-refractivity contribution >= 4 is 34.3 Å². The number of rotatable bonds is 2. The summed E-state index contributed by atoms with van der Waals surface area (Å²) in [5.74, 6) is -1.09. The molecule has 4 nitrogen and oxygen atoms in total. The van der Waals surface area contributed by atoms with Crippen molar-refractivity contribution < 1.29 is 13.9 Å². The second kappa shape index (κ2) is 4.25. The zero-order valence-corrected chi connectivity index (χ0v) is 9.77. The molecule has 0 radical (unpaired) electrons. The van der Waals surface area contributed by atoms with Crippen LogP contribution in [0.25, 0.3) is 10.9 Å². The Hall–Kier alpha value is -1.75. The van der Waals surface area contributed by atoms with E-state index in [9.17, 15) is 9.18 Å². The number of hydrogen-bond acceptors (Lipinski definition) is 3. The first-order chi connectivity index (χ1) is 8.04. The molecular formula is C11H10ClFN2O2. The van der Waals surface area contributed by atoms with Gasteiger partial charge in [-0.3, -0.25) is 0 Å². The van der Waals surface area contributed by atoms with E-state index in [4.69, 9.17) is 22.1 Å². The first-order valence-electron chi connectivity index (χ1n) is 4.98. The highest BCUT2D eigenvalue weighted by Crippen LogP contribution is 2.29. The molecule has 0 aliphatic rings. The Labute approximate surface area is 102 Å². The smallest absolute Gasteiger partial charge is 0.342 e. The summed E-state index contributed by atoms with van der Waals surface area (Å²) >= 11 is 5.74. The Kier molecular flexibility index (Phi) is 2.93. The molecule has 0 saturated carbocycles. The van der Waals surface area contributed by atoms with Crippen molar-refractivity contribution in [1.29, 1.82) is 0 Å². The van der Waals surface area contributed by atoms with Gasteiger partial charge in [-0.25, -0.2) is 9.18 Å². The lowest BCUT2D eigenvalue weighted by molar-refractivity contribution is 0.0530. The van der Waals surface area contributed by atoms with Crippen molar-refractivity contribution in [2.75, 3.05) is 12.3 Å². The Balaban J connectivity index is 2.70. The highest BCUT2D eigenvalue weighted by atomic mass is 35.5. The maximum absolute atomic E-state index is 13.6. The predicted molar refractivity (Wildman–Crippen MR) is 63.6 cm³/mol. The third kappa shape index (κ3) is 1.93. The number of ether oxygens (including phenoxy) is 1. The van der Waals surface area contributed by atoms with Crippen LogP contribution in [0.15, 0.2) is 12.1 Å².